The van der Waals surface area contributed by atoms with Crippen molar-refractivity contribution in [1.82, 2.24) is 25.2 Å². The van der Waals surface area contributed by atoms with Crippen LogP contribution in [0.4, 0.5) is 10.8 Å². The summed E-state index contributed by atoms with van der Waals surface area (Å²) >= 11 is 2.97. The van der Waals surface area contributed by atoms with Gasteiger partial charge < -0.3 is 0 Å². The van der Waals surface area contributed by atoms with E-state index in [-0.39, 0.29) is 5.91 Å². The van der Waals surface area contributed by atoms with E-state index in [9.17, 15) is 4.79 Å². The number of thioether (sulfide) groups is 1. The Kier molecular flexibility index (Phi) is 6.38. The standard InChI is InChI=1S/C23H24N6OS2/c1-14-6-8-20(16(3)10-14)28(18(5)30)22-24-19(12-31-22)13-32-23-25-26-27-29(23)21-9-7-15(2)11-17(21)4/h6-12H,13H2,1-5H3. The van der Waals surface area contributed by atoms with E-state index in [1.54, 1.807) is 16.5 Å². The molecule has 0 unspecified atom stereocenters. The van der Waals surface area contributed by atoms with Crippen LogP contribution < -0.4 is 4.90 Å². The number of aromatic nitrogens is 5. The van der Waals surface area contributed by atoms with Gasteiger partial charge in [0, 0.05) is 18.1 Å². The van der Waals surface area contributed by atoms with Gasteiger partial charge in [0.15, 0.2) is 5.13 Å². The van der Waals surface area contributed by atoms with Gasteiger partial charge in [-0.15, -0.1) is 16.4 Å². The predicted octanol–water partition coefficient (Wildman–Crippen LogP) is 5.33. The summed E-state index contributed by atoms with van der Waals surface area (Å²) in [6, 6.07) is 12.2. The van der Waals surface area contributed by atoms with Gasteiger partial charge in [-0.2, -0.15) is 4.68 Å². The fourth-order valence-electron chi connectivity index (χ4n) is 3.53. The van der Waals surface area contributed by atoms with Crippen LogP contribution in [-0.4, -0.2) is 31.1 Å². The van der Waals surface area contributed by atoms with E-state index < -0.39 is 0 Å². The van der Waals surface area contributed by atoms with Crippen molar-refractivity contribution < 1.29 is 4.79 Å². The Bertz CT molecular complexity index is 1280. The predicted molar refractivity (Wildman–Crippen MR) is 129 cm³/mol. The first kappa shape index (κ1) is 22.2. The van der Waals surface area contributed by atoms with E-state index >= 15 is 0 Å². The van der Waals surface area contributed by atoms with Gasteiger partial charge in [-0.05, 0) is 61.4 Å². The van der Waals surface area contributed by atoms with Crippen molar-refractivity contribution >= 4 is 39.8 Å². The Labute approximate surface area is 195 Å². The molecular weight excluding hydrogens is 440 g/mol. The number of carbonyl (C=O) groups excluding carboxylic acids is 1. The maximum absolute atomic E-state index is 12.5. The minimum Gasteiger partial charge on any atom is -0.274 e. The summed E-state index contributed by atoms with van der Waals surface area (Å²) < 4.78 is 1.75. The normalized spacial score (nSPS) is 11.0. The molecule has 2 aromatic heterocycles. The third-order valence-electron chi connectivity index (χ3n) is 5.01. The largest absolute Gasteiger partial charge is 0.274 e. The lowest BCUT2D eigenvalue weighted by molar-refractivity contribution is -0.115. The van der Waals surface area contributed by atoms with E-state index in [4.69, 9.17) is 4.98 Å². The highest BCUT2D eigenvalue weighted by Gasteiger charge is 2.20. The fraction of sp³-hybridized carbons (Fsp3) is 0.261. The van der Waals surface area contributed by atoms with Crippen LogP contribution in [-0.2, 0) is 10.5 Å². The molecule has 1 amide bonds. The molecule has 4 aromatic rings. The third-order valence-corrected chi connectivity index (χ3v) is 6.84. The van der Waals surface area contributed by atoms with E-state index in [0.717, 1.165) is 33.8 Å². The Morgan fingerprint density at radius 2 is 1.78 bits per heavy atom. The maximum Gasteiger partial charge on any atom is 0.230 e. The number of aryl methyl sites for hydroxylation is 4. The molecule has 4 rings (SSSR count). The zero-order valence-corrected chi connectivity index (χ0v) is 20.3. The van der Waals surface area contributed by atoms with Gasteiger partial charge in [0.2, 0.25) is 11.1 Å². The Balaban J connectivity index is 1.54. The zero-order chi connectivity index (χ0) is 22.8. The SMILES string of the molecule is CC(=O)N(c1nc(CSc2nnnn2-c2ccc(C)cc2C)cs1)c1ccc(C)cc1C. The minimum atomic E-state index is -0.0655. The molecule has 0 saturated heterocycles. The summed E-state index contributed by atoms with van der Waals surface area (Å²) in [6.45, 7) is 9.73. The van der Waals surface area contributed by atoms with Crippen LogP contribution in [0.2, 0.25) is 0 Å². The molecule has 32 heavy (non-hydrogen) atoms. The highest BCUT2D eigenvalue weighted by molar-refractivity contribution is 7.98. The number of hydrogen-bond acceptors (Lipinski definition) is 7. The van der Waals surface area contributed by atoms with Crippen LogP contribution in [0.1, 0.15) is 34.9 Å². The number of benzene rings is 2. The van der Waals surface area contributed by atoms with Crippen molar-refractivity contribution in [1.29, 1.82) is 0 Å². The molecule has 9 heteroatoms. The lowest BCUT2D eigenvalue weighted by Gasteiger charge is -2.20. The molecule has 0 atom stereocenters. The Hall–Kier alpha value is -3.04. The number of tetrazole rings is 1. The first-order valence-corrected chi connectivity index (χ1v) is 12.0. The lowest BCUT2D eigenvalue weighted by Crippen LogP contribution is -2.23. The van der Waals surface area contributed by atoms with Crippen molar-refractivity contribution in [3.8, 4) is 5.69 Å². The van der Waals surface area contributed by atoms with Crippen LogP contribution in [0, 0.1) is 27.7 Å². The summed E-state index contributed by atoms with van der Waals surface area (Å²) in [4.78, 5) is 18.9. The summed E-state index contributed by atoms with van der Waals surface area (Å²) in [5, 5.41) is 15.5. The molecule has 0 radical (unpaired) electrons. The molecule has 0 aliphatic rings. The molecule has 0 aliphatic carbocycles. The highest BCUT2D eigenvalue weighted by atomic mass is 32.2. The average Bonchev–Trinajstić information content (AvgIpc) is 3.38. The molecule has 0 N–H and O–H groups in total. The summed E-state index contributed by atoms with van der Waals surface area (Å²) in [5.74, 6) is 0.532. The van der Waals surface area contributed by atoms with E-state index in [0.29, 0.717) is 16.0 Å². The quantitative estimate of drug-likeness (QED) is 0.359. The number of amides is 1. The molecule has 2 aromatic carbocycles. The summed E-state index contributed by atoms with van der Waals surface area (Å²) in [6.07, 6.45) is 0. The monoisotopic (exact) mass is 464 g/mol. The van der Waals surface area contributed by atoms with Crippen molar-refractivity contribution in [2.24, 2.45) is 0 Å². The van der Waals surface area contributed by atoms with Gasteiger partial charge in [-0.25, -0.2) is 4.98 Å². The number of thiazole rings is 1. The van der Waals surface area contributed by atoms with Gasteiger partial charge in [-0.3, -0.25) is 9.69 Å². The second-order valence-corrected chi connectivity index (χ2v) is 9.50. The second kappa shape index (κ2) is 9.22. The van der Waals surface area contributed by atoms with Gasteiger partial charge in [-0.1, -0.05) is 47.2 Å². The molecule has 164 valence electrons. The van der Waals surface area contributed by atoms with Crippen LogP contribution in [0.3, 0.4) is 0 Å². The van der Waals surface area contributed by atoms with Crippen molar-refractivity contribution in [3.05, 3.63) is 69.7 Å². The second-order valence-electron chi connectivity index (χ2n) is 7.72. The van der Waals surface area contributed by atoms with E-state index in [2.05, 4.69) is 47.6 Å². The first-order chi connectivity index (χ1) is 15.3. The van der Waals surface area contributed by atoms with Gasteiger partial charge in [0.05, 0.1) is 17.1 Å². The van der Waals surface area contributed by atoms with Crippen LogP contribution in [0.15, 0.2) is 46.9 Å². The van der Waals surface area contributed by atoms with Gasteiger partial charge in [0.1, 0.15) is 0 Å². The topological polar surface area (TPSA) is 76.8 Å². The zero-order valence-electron chi connectivity index (χ0n) is 18.7. The van der Waals surface area contributed by atoms with Crippen molar-refractivity contribution in [2.75, 3.05) is 4.90 Å². The molecule has 0 saturated carbocycles. The van der Waals surface area contributed by atoms with Crippen LogP contribution >= 0.6 is 23.1 Å². The smallest absolute Gasteiger partial charge is 0.230 e. The number of anilines is 2. The van der Waals surface area contributed by atoms with Crippen molar-refractivity contribution in [3.63, 3.8) is 0 Å². The van der Waals surface area contributed by atoms with Crippen molar-refractivity contribution in [2.45, 2.75) is 45.5 Å². The Morgan fingerprint density at radius 3 is 2.47 bits per heavy atom. The summed E-state index contributed by atoms with van der Waals surface area (Å²) in [7, 11) is 0. The number of nitrogens with zero attached hydrogens (tertiary/aromatic N) is 6. The molecule has 0 aliphatic heterocycles. The molecule has 7 nitrogen and oxygen atoms in total. The lowest BCUT2D eigenvalue weighted by atomic mass is 10.1. The molecule has 2 heterocycles. The average molecular weight is 465 g/mol. The van der Waals surface area contributed by atoms with Crippen LogP contribution in [0.5, 0.6) is 0 Å². The van der Waals surface area contributed by atoms with E-state index in [1.807, 2.05) is 37.4 Å². The Morgan fingerprint density at radius 1 is 1.06 bits per heavy atom. The molecule has 0 bridgehead atoms. The third kappa shape index (κ3) is 4.58. The summed E-state index contributed by atoms with van der Waals surface area (Å²) in [5.41, 5.74) is 7.20. The van der Waals surface area contributed by atoms with Gasteiger partial charge >= 0.3 is 0 Å². The maximum atomic E-state index is 12.5. The number of rotatable bonds is 6. The van der Waals surface area contributed by atoms with Gasteiger partial charge in [0.25, 0.3) is 0 Å². The number of carbonyl (C=O) groups is 1. The molecular formula is C23H24N6OS2. The molecule has 0 spiro atoms. The first-order valence-electron chi connectivity index (χ1n) is 10.1. The molecule has 0 fully saturated rings. The highest BCUT2D eigenvalue weighted by Crippen LogP contribution is 2.33. The number of hydrogen-bond donors (Lipinski definition) is 0. The minimum absolute atomic E-state index is 0.0655. The fourth-order valence-corrected chi connectivity index (χ4v) is 5.29. The van der Waals surface area contributed by atoms with Crippen LogP contribution in [0.25, 0.3) is 5.69 Å². The van der Waals surface area contributed by atoms with E-state index in [1.165, 1.54) is 28.7 Å².